The maximum atomic E-state index is 13.2. The van der Waals surface area contributed by atoms with E-state index in [0.717, 1.165) is 18.4 Å². The van der Waals surface area contributed by atoms with Crippen molar-refractivity contribution >= 4 is 23.5 Å². The van der Waals surface area contributed by atoms with Crippen molar-refractivity contribution in [2.45, 2.75) is 25.7 Å². The van der Waals surface area contributed by atoms with Crippen LogP contribution in [0.5, 0.6) is 0 Å². The van der Waals surface area contributed by atoms with Gasteiger partial charge in [-0.2, -0.15) is 5.26 Å². The lowest BCUT2D eigenvalue weighted by atomic mass is 9.89. The summed E-state index contributed by atoms with van der Waals surface area (Å²) in [5, 5.41) is 17.2. The molecular weight excluding hydrogens is 480 g/mol. The molecule has 3 aromatic rings. The molecule has 9 nitrogen and oxygen atoms in total. The van der Waals surface area contributed by atoms with Gasteiger partial charge in [-0.25, -0.2) is 4.79 Å². The van der Waals surface area contributed by atoms with Crippen molar-refractivity contribution in [1.82, 2.24) is 20.5 Å². The number of nitrogens with one attached hydrogen (secondary N) is 3. The van der Waals surface area contributed by atoms with Gasteiger partial charge in [0.25, 0.3) is 11.8 Å². The van der Waals surface area contributed by atoms with Crippen LogP contribution in [0, 0.1) is 18.3 Å². The summed E-state index contributed by atoms with van der Waals surface area (Å²) < 4.78 is 0. The Labute approximate surface area is 221 Å². The number of piperidine rings is 1. The molecule has 1 aromatic heterocycles. The Kier molecular flexibility index (Phi) is 8.67. The number of likely N-dealkylation sites (tertiary alicyclic amines) is 1. The van der Waals surface area contributed by atoms with Gasteiger partial charge in [-0.1, -0.05) is 24.3 Å². The molecule has 0 radical (unpaired) electrons. The molecule has 194 valence electrons. The summed E-state index contributed by atoms with van der Waals surface area (Å²) in [6.07, 6.45) is 3.25. The summed E-state index contributed by atoms with van der Waals surface area (Å²) in [6.45, 7) is 3.63. The molecule has 0 atom stereocenters. The molecular formula is C29H30N6O3. The number of benzene rings is 2. The summed E-state index contributed by atoms with van der Waals surface area (Å²) in [5.41, 5.74) is 4.06. The van der Waals surface area contributed by atoms with Crippen molar-refractivity contribution in [3.05, 3.63) is 94.8 Å². The van der Waals surface area contributed by atoms with E-state index < -0.39 is 6.03 Å². The predicted molar refractivity (Wildman–Crippen MR) is 144 cm³/mol. The van der Waals surface area contributed by atoms with Crippen LogP contribution in [0.1, 0.15) is 56.3 Å². The molecule has 1 aliphatic heterocycles. The van der Waals surface area contributed by atoms with E-state index in [1.807, 2.05) is 42.2 Å². The van der Waals surface area contributed by atoms with Gasteiger partial charge < -0.3 is 20.9 Å². The first-order valence-corrected chi connectivity index (χ1v) is 12.6. The van der Waals surface area contributed by atoms with Gasteiger partial charge in [-0.05, 0) is 73.2 Å². The van der Waals surface area contributed by atoms with Crippen LogP contribution in [-0.2, 0) is 0 Å². The van der Waals surface area contributed by atoms with Crippen molar-refractivity contribution in [3.63, 3.8) is 0 Å². The van der Waals surface area contributed by atoms with Gasteiger partial charge in [0.15, 0.2) is 0 Å². The van der Waals surface area contributed by atoms with E-state index in [2.05, 4.69) is 27.0 Å². The molecule has 1 saturated heterocycles. The minimum Gasteiger partial charge on any atom is -0.349 e. The van der Waals surface area contributed by atoms with Crippen LogP contribution in [0.25, 0.3) is 0 Å². The second-order valence-corrected chi connectivity index (χ2v) is 9.18. The molecule has 1 aliphatic rings. The van der Waals surface area contributed by atoms with Crippen molar-refractivity contribution in [1.29, 1.82) is 5.26 Å². The molecule has 0 saturated carbocycles. The number of hydrogen-bond acceptors (Lipinski definition) is 5. The number of rotatable bonds is 7. The smallest absolute Gasteiger partial charge is 0.319 e. The van der Waals surface area contributed by atoms with Gasteiger partial charge in [0.2, 0.25) is 0 Å². The highest BCUT2D eigenvalue weighted by Crippen LogP contribution is 2.29. The lowest BCUT2D eigenvalue weighted by Crippen LogP contribution is -2.38. The fraction of sp³-hybridized carbons (Fsp3) is 0.276. The van der Waals surface area contributed by atoms with Gasteiger partial charge in [0.1, 0.15) is 5.69 Å². The highest BCUT2D eigenvalue weighted by molar-refractivity contribution is 5.97. The lowest BCUT2D eigenvalue weighted by molar-refractivity contribution is 0.0712. The Hall–Kier alpha value is -4.71. The first-order chi connectivity index (χ1) is 18.4. The van der Waals surface area contributed by atoms with E-state index in [0.29, 0.717) is 41.5 Å². The van der Waals surface area contributed by atoms with Crippen LogP contribution in [0.2, 0.25) is 0 Å². The minimum atomic E-state index is -0.423. The third-order valence-electron chi connectivity index (χ3n) is 6.62. The number of hydrogen-bond donors (Lipinski definition) is 3. The number of pyridine rings is 1. The monoisotopic (exact) mass is 510 g/mol. The molecule has 0 bridgehead atoms. The third kappa shape index (κ3) is 6.73. The number of anilines is 1. The Bertz CT molecular complexity index is 1330. The third-order valence-corrected chi connectivity index (χ3v) is 6.62. The van der Waals surface area contributed by atoms with Crippen LogP contribution >= 0.6 is 0 Å². The Morgan fingerprint density at radius 2 is 1.74 bits per heavy atom. The number of nitriles is 1. The quantitative estimate of drug-likeness (QED) is 0.416. The van der Waals surface area contributed by atoms with Gasteiger partial charge in [-0.3, -0.25) is 14.6 Å². The number of carbonyl (C=O) groups is 3. The number of aryl methyl sites for hydroxylation is 1. The van der Waals surface area contributed by atoms with Crippen molar-refractivity contribution in [3.8, 4) is 6.07 Å². The Morgan fingerprint density at radius 1 is 1.00 bits per heavy atom. The van der Waals surface area contributed by atoms with Gasteiger partial charge in [0, 0.05) is 43.6 Å². The average molecular weight is 511 g/mol. The Balaban J connectivity index is 1.26. The zero-order valence-electron chi connectivity index (χ0n) is 21.2. The zero-order chi connectivity index (χ0) is 26.9. The highest BCUT2D eigenvalue weighted by atomic mass is 16.2. The van der Waals surface area contributed by atoms with Crippen LogP contribution in [-0.4, -0.2) is 53.9 Å². The van der Waals surface area contributed by atoms with E-state index in [4.69, 9.17) is 5.26 Å². The number of nitrogens with zero attached hydrogens (tertiary/aromatic N) is 3. The van der Waals surface area contributed by atoms with E-state index in [9.17, 15) is 14.4 Å². The second kappa shape index (κ2) is 12.5. The second-order valence-electron chi connectivity index (χ2n) is 9.18. The van der Waals surface area contributed by atoms with E-state index in [1.54, 1.807) is 36.5 Å². The maximum Gasteiger partial charge on any atom is 0.319 e. The molecule has 3 N–H and O–H groups in total. The molecule has 0 unspecified atom stereocenters. The number of amides is 4. The molecule has 4 amide bonds. The predicted octanol–water partition coefficient (Wildman–Crippen LogP) is 3.83. The van der Waals surface area contributed by atoms with Crippen LogP contribution in [0.15, 0.2) is 66.9 Å². The molecule has 0 aliphatic carbocycles. The first-order valence-electron chi connectivity index (χ1n) is 12.6. The fourth-order valence-corrected chi connectivity index (χ4v) is 4.42. The maximum absolute atomic E-state index is 13.2. The molecule has 2 heterocycles. The molecule has 9 heteroatoms. The van der Waals surface area contributed by atoms with Crippen molar-refractivity contribution in [2.24, 2.45) is 0 Å². The highest BCUT2D eigenvalue weighted by Gasteiger charge is 2.25. The minimum absolute atomic E-state index is 0.0658. The zero-order valence-corrected chi connectivity index (χ0v) is 21.2. The lowest BCUT2D eigenvalue weighted by Gasteiger charge is -2.32. The van der Waals surface area contributed by atoms with Crippen LogP contribution < -0.4 is 16.0 Å². The Morgan fingerprint density at radius 3 is 2.42 bits per heavy atom. The van der Waals surface area contributed by atoms with Crippen LogP contribution in [0.4, 0.5) is 10.5 Å². The van der Waals surface area contributed by atoms with E-state index in [1.165, 1.54) is 5.56 Å². The topological polar surface area (TPSA) is 127 Å². The van der Waals surface area contributed by atoms with E-state index in [-0.39, 0.29) is 24.9 Å². The molecule has 0 spiro atoms. The van der Waals surface area contributed by atoms with Crippen molar-refractivity contribution in [2.75, 3.05) is 31.5 Å². The van der Waals surface area contributed by atoms with Crippen LogP contribution in [0.3, 0.4) is 0 Å². The summed E-state index contributed by atoms with van der Waals surface area (Å²) in [6, 6.07) is 19.8. The largest absolute Gasteiger partial charge is 0.349 e. The number of carbonyl (C=O) groups excluding carboxylic acids is 3. The van der Waals surface area contributed by atoms with Gasteiger partial charge in [-0.15, -0.1) is 0 Å². The molecule has 2 aromatic carbocycles. The first kappa shape index (κ1) is 26.4. The molecule has 1 fully saturated rings. The summed E-state index contributed by atoms with van der Waals surface area (Å²) in [5.74, 6) is -0.0146. The SMILES string of the molecule is Cc1ccc(C(=O)N2CCC(c3ccc(C#N)cc3)CC2)cc1NC(=O)NCCNC(=O)c1ccccn1. The van der Waals surface area contributed by atoms with E-state index >= 15 is 0 Å². The molecule has 38 heavy (non-hydrogen) atoms. The number of urea groups is 1. The fourth-order valence-electron chi connectivity index (χ4n) is 4.42. The number of aromatic nitrogens is 1. The van der Waals surface area contributed by atoms with Crippen molar-refractivity contribution < 1.29 is 14.4 Å². The standard InChI is InChI=1S/C29H30N6O3/c1-20-5-8-24(28(37)35-16-11-23(12-17-35)22-9-6-21(19-30)7-10-22)18-26(20)34-29(38)33-15-14-32-27(36)25-4-2-3-13-31-25/h2-10,13,18,23H,11-12,14-17H2,1H3,(H,32,36)(H2,33,34,38). The summed E-state index contributed by atoms with van der Waals surface area (Å²) in [4.78, 5) is 43.5. The van der Waals surface area contributed by atoms with Gasteiger partial charge >= 0.3 is 6.03 Å². The van der Waals surface area contributed by atoms with Gasteiger partial charge in [0.05, 0.1) is 11.6 Å². The molecule has 4 rings (SSSR count). The average Bonchev–Trinajstić information content (AvgIpc) is 2.96. The summed E-state index contributed by atoms with van der Waals surface area (Å²) >= 11 is 0. The normalized spacial score (nSPS) is 13.3. The summed E-state index contributed by atoms with van der Waals surface area (Å²) in [7, 11) is 0.